The highest BCUT2D eigenvalue weighted by molar-refractivity contribution is 6.39. The smallest absolute Gasteiger partial charge is 0.321 e. The highest BCUT2D eigenvalue weighted by Crippen LogP contribution is 2.29. The Kier molecular flexibility index (Phi) is 6.95. The Balaban J connectivity index is 2.11. The first-order valence-electron chi connectivity index (χ1n) is 7.56. The number of carbonyl (C=O) groups excluding carboxylic acids is 1. The molecule has 0 radical (unpaired) electrons. The van der Waals surface area contributed by atoms with Gasteiger partial charge in [0.05, 0.1) is 22.4 Å². The number of amides is 2. The van der Waals surface area contributed by atoms with Gasteiger partial charge in [-0.2, -0.15) is 0 Å². The lowest BCUT2D eigenvalue weighted by Crippen LogP contribution is -2.42. The average molecular weight is 358 g/mol. The van der Waals surface area contributed by atoms with Crippen LogP contribution < -0.4 is 16.0 Å². The lowest BCUT2D eigenvalue weighted by atomic mass is 10.1. The van der Waals surface area contributed by atoms with Gasteiger partial charge in [0, 0.05) is 7.05 Å². The average Bonchev–Trinajstić information content (AvgIpc) is 2.56. The maximum Gasteiger partial charge on any atom is 0.321 e. The van der Waals surface area contributed by atoms with Crippen molar-refractivity contribution < 1.29 is 4.79 Å². The minimum Gasteiger partial charge on any atom is -0.341 e. The van der Waals surface area contributed by atoms with E-state index >= 15 is 0 Å². The number of nitrogens with one attached hydrogen (secondary N) is 3. The number of halogens is 2. The molecule has 23 heavy (non-hydrogen) atoms. The van der Waals surface area contributed by atoms with Gasteiger partial charge < -0.3 is 10.6 Å². The molecule has 3 N–H and O–H groups in total. The lowest BCUT2D eigenvalue weighted by Gasteiger charge is -2.25. The topological polar surface area (TPSA) is 68.8 Å². The summed E-state index contributed by atoms with van der Waals surface area (Å²) in [6.07, 6.45) is 3.62. The molecule has 126 valence electrons. The van der Waals surface area contributed by atoms with Gasteiger partial charge in [0.2, 0.25) is 5.96 Å². The zero-order valence-corrected chi connectivity index (χ0v) is 14.5. The van der Waals surface area contributed by atoms with E-state index in [0.29, 0.717) is 28.4 Å². The molecular weight excluding hydrogens is 337 g/mol. The molecule has 1 aromatic rings. The highest BCUT2D eigenvalue weighted by Gasteiger charge is 2.13. The fraction of sp³-hybridized carbons (Fsp3) is 0.467. The summed E-state index contributed by atoms with van der Waals surface area (Å²) < 4.78 is 0. The van der Waals surface area contributed by atoms with Crippen LogP contribution in [0.5, 0.6) is 0 Å². The van der Waals surface area contributed by atoms with Crippen molar-refractivity contribution in [1.29, 1.82) is 0 Å². The second kappa shape index (κ2) is 8.96. The molecule has 1 aliphatic heterocycles. The SMILES string of the molecule is CNC(=O)NC(=NCN1CCCCC1)Nc1c(Cl)cccc1Cl. The fourth-order valence-electron chi connectivity index (χ4n) is 2.29. The van der Waals surface area contributed by atoms with Crippen LogP contribution >= 0.6 is 23.2 Å². The number of para-hydroxylation sites is 1. The minimum absolute atomic E-state index is 0.310. The third kappa shape index (κ3) is 5.57. The number of nitrogens with zero attached hydrogens (tertiary/aromatic N) is 2. The van der Waals surface area contributed by atoms with Gasteiger partial charge in [0.1, 0.15) is 0 Å². The van der Waals surface area contributed by atoms with Crippen LogP contribution in [0.3, 0.4) is 0 Å². The van der Waals surface area contributed by atoms with Crippen LogP contribution in [-0.2, 0) is 0 Å². The Morgan fingerprint density at radius 2 is 1.87 bits per heavy atom. The van der Waals surface area contributed by atoms with E-state index in [-0.39, 0.29) is 6.03 Å². The Morgan fingerprint density at radius 1 is 1.22 bits per heavy atom. The Bertz CT molecular complexity index is 553. The standard InChI is InChI=1S/C15H21Cl2N5O/c1-18-15(23)21-14(19-10-22-8-3-2-4-9-22)20-13-11(16)6-5-7-12(13)17/h5-7H,2-4,8-10H2,1H3,(H3,18,19,20,21,23). The molecule has 0 bridgehead atoms. The van der Waals surface area contributed by atoms with Crippen molar-refractivity contribution >= 4 is 40.9 Å². The van der Waals surface area contributed by atoms with Crippen molar-refractivity contribution in [3.63, 3.8) is 0 Å². The number of hydrogen-bond donors (Lipinski definition) is 3. The van der Waals surface area contributed by atoms with Gasteiger partial charge in [-0.3, -0.25) is 10.2 Å². The van der Waals surface area contributed by atoms with Crippen LogP contribution in [0.1, 0.15) is 19.3 Å². The first kappa shape index (κ1) is 17.8. The van der Waals surface area contributed by atoms with Crippen LogP contribution in [-0.4, -0.2) is 43.7 Å². The summed E-state index contributed by atoms with van der Waals surface area (Å²) in [6, 6.07) is 4.83. The van der Waals surface area contributed by atoms with E-state index in [1.54, 1.807) is 25.2 Å². The van der Waals surface area contributed by atoms with E-state index in [2.05, 4.69) is 25.8 Å². The molecule has 6 nitrogen and oxygen atoms in total. The maximum atomic E-state index is 11.6. The summed E-state index contributed by atoms with van der Waals surface area (Å²) in [5, 5.41) is 9.08. The number of guanidine groups is 1. The minimum atomic E-state index is -0.363. The van der Waals surface area contributed by atoms with Crippen LogP contribution in [0, 0.1) is 0 Å². The number of urea groups is 1. The van der Waals surface area contributed by atoms with Crippen molar-refractivity contribution in [3.05, 3.63) is 28.2 Å². The summed E-state index contributed by atoms with van der Waals surface area (Å²) in [7, 11) is 1.54. The number of benzene rings is 1. The first-order chi connectivity index (χ1) is 11.1. The quantitative estimate of drug-likeness (QED) is 0.574. The molecule has 0 spiro atoms. The molecule has 0 atom stereocenters. The monoisotopic (exact) mass is 357 g/mol. The molecule has 1 aliphatic rings. The molecule has 2 rings (SSSR count). The van der Waals surface area contributed by atoms with Gasteiger partial charge in [0.25, 0.3) is 0 Å². The summed E-state index contributed by atoms with van der Waals surface area (Å²) in [5.74, 6) is 0.310. The summed E-state index contributed by atoms with van der Waals surface area (Å²) in [6.45, 7) is 2.54. The van der Waals surface area contributed by atoms with Gasteiger partial charge in [-0.05, 0) is 38.1 Å². The molecule has 1 aromatic carbocycles. The zero-order chi connectivity index (χ0) is 16.7. The normalized spacial score (nSPS) is 16.0. The molecule has 2 amide bonds. The van der Waals surface area contributed by atoms with Crippen LogP contribution in [0.2, 0.25) is 10.0 Å². The predicted molar refractivity (Wildman–Crippen MR) is 95.4 cm³/mol. The third-order valence-corrected chi connectivity index (χ3v) is 4.17. The van der Waals surface area contributed by atoms with Gasteiger partial charge in [-0.1, -0.05) is 35.7 Å². The largest absolute Gasteiger partial charge is 0.341 e. The summed E-state index contributed by atoms with van der Waals surface area (Å²) >= 11 is 12.3. The van der Waals surface area contributed by atoms with Gasteiger partial charge >= 0.3 is 6.03 Å². The third-order valence-electron chi connectivity index (χ3n) is 3.54. The van der Waals surface area contributed by atoms with Gasteiger partial charge in [0.15, 0.2) is 0 Å². The first-order valence-corrected chi connectivity index (χ1v) is 8.32. The van der Waals surface area contributed by atoms with E-state index in [1.165, 1.54) is 19.3 Å². The molecule has 1 saturated heterocycles. The molecule has 8 heteroatoms. The van der Waals surface area contributed by atoms with Crippen molar-refractivity contribution in [3.8, 4) is 0 Å². The highest BCUT2D eigenvalue weighted by atomic mass is 35.5. The van der Waals surface area contributed by atoms with Crippen LogP contribution in [0.25, 0.3) is 0 Å². The molecule has 0 unspecified atom stereocenters. The Labute approximate surface area is 146 Å². The van der Waals surface area contributed by atoms with Crippen molar-refractivity contribution in [2.45, 2.75) is 19.3 Å². The summed E-state index contributed by atoms with van der Waals surface area (Å²) in [5.41, 5.74) is 0.518. The number of carbonyl (C=O) groups is 1. The molecule has 0 saturated carbocycles. The van der Waals surface area contributed by atoms with Gasteiger partial charge in [-0.15, -0.1) is 0 Å². The second-order valence-electron chi connectivity index (χ2n) is 5.25. The number of anilines is 1. The van der Waals surface area contributed by atoms with Crippen LogP contribution in [0.4, 0.5) is 10.5 Å². The number of piperidine rings is 1. The zero-order valence-electron chi connectivity index (χ0n) is 13.0. The fourth-order valence-corrected chi connectivity index (χ4v) is 2.78. The number of rotatable bonds is 3. The van der Waals surface area contributed by atoms with E-state index in [0.717, 1.165) is 13.1 Å². The maximum absolute atomic E-state index is 11.6. The van der Waals surface area contributed by atoms with Gasteiger partial charge in [-0.25, -0.2) is 9.79 Å². The second-order valence-corrected chi connectivity index (χ2v) is 6.07. The number of aliphatic imine (C=N–C) groups is 1. The molecule has 1 fully saturated rings. The molecular formula is C15H21Cl2N5O. The van der Waals surface area contributed by atoms with E-state index in [9.17, 15) is 4.79 Å². The van der Waals surface area contributed by atoms with E-state index in [4.69, 9.17) is 23.2 Å². The number of hydrogen-bond acceptors (Lipinski definition) is 3. The summed E-state index contributed by atoms with van der Waals surface area (Å²) in [4.78, 5) is 18.3. The predicted octanol–water partition coefficient (Wildman–Crippen LogP) is 3.13. The molecule has 0 aromatic heterocycles. The van der Waals surface area contributed by atoms with E-state index < -0.39 is 0 Å². The Hall–Kier alpha value is -1.50. The van der Waals surface area contributed by atoms with Crippen molar-refractivity contribution in [2.75, 3.05) is 32.1 Å². The molecule has 0 aliphatic carbocycles. The number of likely N-dealkylation sites (tertiary alicyclic amines) is 1. The Morgan fingerprint density at radius 3 is 2.48 bits per heavy atom. The van der Waals surface area contributed by atoms with Crippen molar-refractivity contribution in [1.82, 2.24) is 15.5 Å². The molecule has 1 heterocycles. The van der Waals surface area contributed by atoms with E-state index in [1.807, 2.05) is 0 Å². The van der Waals surface area contributed by atoms with Crippen molar-refractivity contribution in [2.24, 2.45) is 4.99 Å². The van der Waals surface area contributed by atoms with Crippen LogP contribution in [0.15, 0.2) is 23.2 Å². The lowest BCUT2D eigenvalue weighted by molar-refractivity contribution is 0.235.